The van der Waals surface area contributed by atoms with Gasteiger partial charge in [0.2, 0.25) is 0 Å². The maximum Gasteiger partial charge on any atom is 0.129 e. The van der Waals surface area contributed by atoms with Gasteiger partial charge in [0.25, 0.3) is 0 Å². The lowest BCUT2D eigenvalue weighted by Gasteiger charge is -2.16. The molecule has 1 atom stereocenters. The third-order valence-electron chi connectivity index (χ3n) is 3.06. The number of alkyl halides is 1. The van der Waals surface area contributed by atoms with Gasteiger partial charge in [0.15, 0.2) is 0 Å². The topological polar surface area (TPSA) is 0 Å². The van der Waals surface area contributed by atoms with Gasteiger partial charge in [-0.2, -0.15) is 0 Å². The van der Waals surface area contributed by atoms with Crippen molar-refractivity contribution in [2.24, 2.45) is 0 Å². The molecule has 0 saturated carbocycles. The first kappa shape index (κ1) is 15.0. The zero-order chi connectivity index (χ0) is 14.2. The minimum atomic E-state index is -0.486. The smallest absolute Gasteiger partial charge is 0.129 e. The molecule has 0 aliphatic rings. The second-order valence-corrected chi connectivity index (χ2v) is 6.69. The second kappa shape index (κ2) is 5.94. The van der Waals surface area contributed by atoms with Gasteiger partial charge in [0, 0.05) is 14.5 Å². The Kier molecular flexibility index (Phi) is 4.70. The number of hydrogen-bond donors (Lipinski definition) is 0. The third-order valence-corrected chi connectivity index (χ3v) is 4.87. The van der Waals surface area contributed by atoms with E-state index in [0.717, 1.165) is 21.2 Å². The summed E-state index contributed by atoms with van der Waals surface area (Å²) in [4.78, 5) is 0. The molecule has 0 aromatic heterocycles. The molecule has 0 fully saturated rings. The van der Waals surface area contributed by atoms with Crippen molar-refractivity contribution in [2.45, 2.75) is 19.2 Å². The van der Waals surface area contributed by atoms with Gasteiger partial charge in [0.05, 0.1) is 5.38 Å². The van der Waals surface area contributed by atoms with E-state index < -0.39 is 5.38 Å². The molecule has 0 bridgehead atoms. The van der Waals surface area contributed by atoms with Crippen LogP contribution >= 0.6 is 43.5 Å². The standard InChI is InChI=1S/C15H12Br2ClF/c1-8-6-13(17)9(2)5-12(8)15(18)11-4-3-10(16)7-14(11)19/h3-7,15H,1-2H3. The van der Waals surface area contributed by atoms with E-state index in [4.69, 9.17) is 11.6 Å². The first-order valence-electron chi connectivity index (χ1n) is 5.76. The van der Waals surface area contributed by atoms with Crippen molar-refractivity contribution in [1.29, 1.82) is 0 Å². The van der Waals surface area contributed by atoms with Crippen molar-refractivity contribution in [3.63, 3.8) is 0 Å². The number of halogens is 4. The van der Waals surface area contributed by atoms with Crippen molar-refractivity contribution >= 4 is 43.5 Å². The number of hydrogen-bond acceptors (Lipinski definition) is 0. The Labute approximate surface area is 134 Å². The SMILES string of the molecule is Cc1cc(C(Cl)c2ccc(Br)cc2F)c(C)cc1Br. The van der Waals surface area contributed by atoms with E-state index in [-0.39, 0.29) is 5.82 Å². The van der Waals surface area contributed by atoms with Gasteiger partial charge in [-0.05, 0) is 48.7 Å². The Hall–Kier alpha value is -0.380. The molecular weight excluding hydrogens is 394 g/mol. The molecule has 2 rings (SSSR count). The maximum absolute atomic E-state index is 14.0. The molecule has 0 radical (unpaired) electrons. The highest BCUT2D eigenvalue weighted by Gasteiger charge is 2.18. The zero-order valence-electron chi connectivity index (χ0n) is 10.5. The summed E-state index contributed by atoms with van der Waals surface area (Å²) in [6, 6.07) is 8.96. The van der Waals surface area contributed by atoms with Crippen LogP contribution in [0.3, 0.4) is 0 Å². The molecule has 2 aromatic carbocycles. The largest absolute Gasteiger partial charge is 0.207 e. The summed E-state index contributed by atoms with van der Waals surface area (Å²) >= 11 is 13.2. The average molecular weight is 407 g/mol. The molecule has 100 valence electrons. The van der Waals surface area contributed by atoms with Gasteiger partial charge in [-0.3, -0.25) is 0 Å². The van der Waals surface area contributed by atoms with Crippen LogP contribution in [0.2, 0.25) is 0 Å². The van der Waals surface area contributed by atoms with E-state index in [1.165, 1.54) is 6.07 Å². The summed E-state index contributed by atoms with van der Waals surface area (Å²) in [6.45, 7) is 3.97. The second-order valence-electron chi connectivity index (χ2n) is 4.49. The fourth-order valence-corrected chi connectivity index (χ4v) is 3.15. The highest BCUT2D eigenvalue weighted by atomic mass is 79.9. The van der Waals surface area contributed by atoms with Crippen LogP contribution in [-0.2, 0) is 0 Å². The Balaban J connectivity index is 2.49. The van der Waals surface area contributed by atoms with Crippen LogP contribution in [0.1, 0.15) is 27.6 Å². The zero-order valence-corrected chi connectivity index (χ0v) is 14.4. The lowest BCUT2D eigenvalue weighted by molar-refractivity contribution is 0.611. The molecule has 0 amide bonds. The molecule has 0 saturated heterocycles. The Morgan fingerprint density at radius 1 is 1.00 bits per heavy atom. The van der Waals surface area contributed by atoms with Crippen LogP contribution in [0.5, 0.6) is 0 Å². The van der Waals surface area contributed by atoms with Crippen LogP contribution in [0.4, 0.5) is 4.39 Å². The first-order chi connectivity index (χ1) is 8.90. The molecule has 0 nitrogen and oxygen atoms in total. The lowest BCUT2D eigenvalue weighted by atomic mass is 9.98. The minimum Gasteiger partial charge on any atom is -0.207 e. The first-order valence-corrected chi connectivity index (χ1v) is 7.78. The highest BCUT2D eigenvalue weighted by molar-refractivity contribution is 9.10. The molecule has 19 heavy (non-hydrogen) atoms. The molecule has 2 aromatic rings. The van der Waals surface area contributed by atoms with E-state index >= 15 is 0 Å². The maximum atomic E-state index is 14.0. The van der Waals surface area contributed by atoms with Gasteiger partial charge < -0.3 is 0 Å². The quantitative estimate of drug-likeness (QED) is 0.514. The van der Waals surface area contributed by atoms with E-state index in [0.29, 0.717) is 10.0 Å². The molecule has 0 heterocycles. The third kappa shape index (κ3) is 3.21. The van der Waals surface area contributed by atoms with Crippen molar-refractivity contribution in [1.82, 2.24) is 0 Å². The van der Waals surface area contributed by atoms with Crippen molar-refractivity contribution in [3.05, 3.63) is 67.3 Å². The van der Waals surface area contributed by atoms with E-state index in [1.54, 1.807) is 12.1 Å². The Bertz CT molecular complexity index is 626. The Morgan fingerprint density at radius 3 is 2.32 bits per heavy atom. The van der Waals surface area contributed by atoms with Crippen LogP contribution < -0.4 is 0 Å². The number of benzene rings is 2. The van der Waals surface area contributed by atoms with Gasteiger partial charge in [-0.1, -0.05) is 44.0 Å². The Morgan fingerprint density at radius 2 is 1.68 bits per heavy atom. The van der Waals surface area contributed by atoms with Gasteiger partial charge in [-0.25, -0.2) is 4.39 Å². The summed E-state index contributed by atoms with van der Waals surface area (Å²) in [5.41, 5.74) is 3.56. The van der Waals surface area contributed by atoms with Crippen LogP contribution in [0, 0.1) is 19.7 Å². The predicted octanol–water partition coefficient (Wildman–Crippen LogP) is 6.30. The average Bonchev–Trinajstić information content (AvgIpc) is 2.33. The summed E-state index contributed by atoms with van der Waals surface area (Å²) in [5, 5.41) is -0.486. The summed E-state index contributed by atoms with van der Waals surface area (Å²) in [7, 11) is 0. The molecular formula is C15H12Br2ClF. The molecule has 0 spiro atoms. The monoisotopic (exact) mass is 404 g/mol. The van der Waals surface area contributed by atoms with E-state index in [1.807, 2.05) is 26.0 Å². The van der Waals surface area contributed by atoms with E-state index in [9.17, 15) is 4.39 Å². The highest BCUT2D eigenvalue weighted by Crippen LogP contribution is 2.35. The molecule has 0 aliphatic heterocycles. The van der Waals surface area contributed by atoms with Crippen LogP contribution in [-0.4, -0.2) is 0 Å². The molecule has 4 heteroatoms. The summed E-state index contributed by atoms with van der Waals surface area (Å²) in [6.07, 6.45) is 0. The summed E-state index contributed by atoms with van der Waals surface area (Å²) < 4.78 is 15.7. The van der Waals surface area contributed by atoms with Gasteiger partial charge >= 0.3 is 0 Å². The minimum absolute atomic E-state index is 0.297. The van der Waals surface area contributed by atoms with Gasteiger partial charge in [-0.15, -0.1) is 11.6 Å². The fourth-order valence-electron chi connectivity index (χ4n) is 1.95. The molecule has 0 N–H and O–H groups in total. The number of aryl methyl sites for hydroxylation is 2. The normalized spacial score (nSPS) is 12.5. The number of rotatable bonds is 2. The van der Waals surface area contributed by atoms with Gasteiger partial charge in [0.1, 0.15) is 5.82 Å². The summed E-state index contributed by atoms with van der Waals surface area (Å²) in [5.74, 6) is -0.297. The fraction of sp³-hybridized carbons (Fsp3) is 0.200. The lowest BCUT2D eigenvalue weighted by Crippen LogP contribution is -2.00. The van der Waals surface area contributed by atoms with Crippen molar-refractivity contribution in [3.8, 4) is 0 Å². The predicted molar refractivity (Wildman–Crippen MR) is 85.4 cm³/mol. The van der Waals surface area contributed by atoms with Crippen LogP contribution in [0.25, 0.3) is 0 Å². The van der Waals surface area contributed by atoms with Crippen molar-refractivity contribution in [2.75, 3.05) is 0 Å². The van der Waals surface area contributed by atoms with Crippen molar-refractivity contribution < 1.29 is 4.39 Å². The van der Waals surface area contributed by atoms with E-state index in [2.05, 4.69) is 31.9 Å². The molecule has 1 unspecified atom stereocenters. The molecule has 0 aliphatic carbocycles. The van der Waals surface area contributed by atoms with Crippen LogP contribution in [0.15, 0.2) is 39.3 Å².